The average Bonchev–Trinajstić information content (AvgIpc) is 2.93. The predicted octanol–water partition coefficient (Wildman–Crippen LogP) is 1.25. The molecule has 2 rings (SSSR count). The van der Waals surface area contributed by atoms with Crippen LogP contribution >= 0.6 is 0 Å². The van der Waals surface area contributed by atoms with Gasteiger partial charge in [-0.1, -0.05) is 19.1 Å². The molecule has 0 amide bonds. The Morgan fingerprint density at radius 3 is 2.56 bits per heavy atom. The minimum Gasteiger partial charge on any atom is -0.381 e. The van der Waals surface area contributed by atoms with Gasteiger partial charge in [0.1, 0.15) is 0 Å². The van der Waals surface area contributed by atoms with Crippen LogP contribution in [0.2, 0.25) is 0 Å². The van der Waals surface area contributed by atoms with Crippen molar-refractivity contribution < 1.29 is 0 Å². The summed E-state index contributed by atoms with van der Waals surface area (Å²) in [6, 6.07) is 2.13. The number of hydrogen-bond donors (Lipinski definition) is 1. The second-order valence-electron chi connectivity index (χ2n) is 4.23. The molecule has 0 radical (unpaired) electrons. The van der Waals surface area contributed by atoms with Gasteiger partial charge in [0.25, 0.3) is 0 Å². The summed E-state index contributed by atoms with van der Waals surface area (Å²) < 4.78 is 3.87. The SMILES string of the molecule is CCc1cc(Cn2nnc(N)c2CC)n(CC)n1. The molecule has 0 fully saturated rings. The molecule has 2 N–H and O–H groups in total. The molecule has 0 aromatic carbocycles. The van der Waals surface area contributed by atoms with Gasteiger partial charge in [0.15, 0.2) is 5.82 Å². The van der Waals surface area contributed by atoms with Crippen molar-refractivity contribution in [1.82, 2.24) is 24.8 Å². The maximum absolute atomic E-state index is 5.79. The van der Waals surface area contributed by atoms with Crippen LogP contribution in [-0.2, 0) is 25.9 Å². The molecule has 0 atom stereocenters. The summed E-state index contributed by atoms with van der Waals surface area (Å²) >= 11 is 0. The van der Waals surface area contributed by atoms with Crippen molar-refractivity contribution in [2.24, 2.45) is 0 Å². The van der Waals surface area contributed by atoms with Gasteiger partial charge in [0, 0.05) is 6.54 Å². The van der Waals surface area contributed by atoms with E-state index in [-0.39, 0.29) is 0 Å². The summed E-state index contributed by atoms with van der Waals surface area (Å²) in [5.74, 6) is 0.524. The van der Waals surface area contributed by atoms with Gasteiger partial charge in [-0.2, -0.15) is 5.10 Å². The monoisotopic (exact) mass is 248 g/mol. The van der Waals surface area contributed by atoms with Crippen molar-refractivity contribution in [2.45, 2.75) is 46.7 Å². The summed E-state index contributed by atoms with van der Waals surface area (Å²) in [7, 11) is 0. The summed E-state index contributed by atoms with van der Waals surface area (Å²) in [6.07, 6.45) is 1.78. The lowest BCUT2D eigenvalue weighted by Crippen LogP contribution is -2.11. The molecule has 0 saturated carbocycles. The van der Waals surface area contributed by atoms with Gasteiger partial charge in [0.05, 0.1) is 23.6 Å². The second-order valence-corrected chi connectivity index (χ2v) is 4.23. The zero-order valence-corrected chi connectivity index (χ0v) is 11.2. The minimum absolute atomic E-state index is 0.524. The van der Waals surface area contributed by atoms with Crippen LogP contribution in [-0.4, -0.2) is 24.8 Å². The van der Waals surface area contributed by atoms with E-state index in [9.17, 15) is 0 Å². The van der Waals surface area contributed by atoms with Crippen molar-refractivity contribution in [2.75, 3.05) is 5.73 Å². The van der Waals surface area contributed by atoms with Crippen molar-refractivity contribution in [3.05, 3.63) is 23.1 Å². The molecule has 0 aliphatic heterocycles. The minimum atomic E-state index is 0.524. The largest absolute Gasteiger partial charge is 0.381 e. The Morgan fingerprint density at radius 2 is 1.94 bits per heavy atom. The van der Waals surface area contributed by atoms with E-state index in [1.165, 1.54) is 0 Å². The Hall–Kier alpha value is -1.85. The molecule has 98 valence electrons. The van der Waals surface area contributed by atoms with Crippen molar-refractivity contribution >= 4 is 5.82 Å². The fraction of sp³-hybridized carbons (Fsp3) is 0.583. The van der Waals surface area contributed by atoms with Crippen LogP contribution in [0.3, 0.4) is 0 Å². The van der Waals surface area contributed by atoms with E-state index >= 15 is 0 Å². The third-order valence-corrected chi connectivity index (χ3v) is 3.09. The van der Waals surface area contributed by atoms with Crippen LogP contribution in [0.4, 0.5) is 5.82 Å². The zero-order valence-electron chi connectivity index (χ0n) is 11.2. The van der Waals surface area contributed by atoms with E-state index in [4.69, 9.17) is 5.73 Å². The quantitative estimate of drug-likeness (QED) is 0.864. The number of aryl methyl sites for hydroxylation is 2. The third-order valence-electron chi connectivity index (χ3n) is 3.09. The highest BCUT2D eigenvalue weighted by Gasteiger charge is 2.12. The van der Waals surface area contributed by atoms with Gasteiger partial charge in [0.2, 0.25) is 0 Å². The molecule has 0 unspecified atom stereocenters. The number of hydrogen-bond acceptors (Lipinski definition) is 4. The Morgan fingerprint density at radius 1 is 1.17 bits per heavy atom. The smallest absolute Gasteiger partial charge is 0.169 e. The lowest BCUT2D eigenvalue weighted by atomic mass is 10.3. The van der Waals surface area contributed by atoms with E-state index in [1.54, 1.807) is 0 Å². The summed E-state index contributed by atoms with van der Waals surface area (Å²) in [5, 5.41) is 12.5. The molecular formula is C12H20N6. The molecule has 6 nitrogen and oxygen atoms in total. The summed E-state index contributed by atoms with van der Waals surface area (Å²) in [6.45, 7) is 7.79. The molecule has 6 heteroatoms. The Kier molecular flexibility index (Phi) is 3.64. The topological polar surface area (TPSA) is 74.6 Å². The number of nitrogen functional groups attached to an aromatic ring is 1. The van der Waals surface area contributed by atoms with Gasteiger partial charge in [-0.05, 0) is 25.8 Å². The van der Waals surface area contributed by atoms with Crippen molar-refractivity contribution in [3.8, 4) is 0 Å². The van der Waals surface area contributed by atoms with Crippen LogP contribution in [0.5, 0.6) is 0 Å². The molecule has 2 aromatic heterocycles. The number of rotatable bonds is 5. The molecule has 0 aliphatic carbocycles. The van der Waals surface area contributed by atoms with Gasteiger partial charge in [-0.25, -0.2) is 4.68 Å². The van der Waals surface area contributed by atoms with Gasteiger partial charge in [-0.3, -0.25) is 4.68 Å². The molecule has 2 aromatic rings. The predicted molar refractivity (Wildman–Crippen MR) is 70.2 cm³/mol. The van der Waals surface area contributed by atoms with Crippen LogP contribution in [0.25, 0.3) is 0 Å². The summed E-state index contributed by atoms with van der Waals surface area (Å²) in [5.41, 5.74) is 9.03. The highest BCUT2D eigenvalue weighted by Crippen LogP contribution is 2.12. The fourth-order valence-corrected chi connectivity index (χ4v) is 2.08. The van der Waals surface area contributed by atoms with Crippen LogP contribution in [0.15, 0.2) is 6.07 Å². The maximum atomic E-state index is 5.79. The zero-order chi connectivity index (χ0) is 13.1. The molecule has 2 heterocycles. The van der Waals surface area contributed by atoms with Crippen molar-refractivity contribution in [1.29, 1.82) is 0 Å². The number of nitrogens with zero attached hydrogens (tertiary/aromatic N) is 5. The van der Waals surface area contributed by atoms with Crippen LogP contribution < -0.4 is 5.73 Å². The molecule has 0 bridgehead atoms. The van der Waals surface area contributed by atoms with E-state index in [0.29, 0.717) is 12.4 Å². The summed E-state index contributed by atoms with van der Waals surface area (Å²) in [4.78, 5) is 0. The average molecular weight is 248 g/mol. The van der Waals surface area contributed by atoms with Crippen LogP contribution in [0.1, 0.15) is 37.9 Å². The first-order valence-corrected chi connectivity index (χ1v) is 6.42. The highest BCUT2D eigenvalue weighted by molar-refractivity contribution is 5.33. The number of anilines is 1. The highest BCUT2D eigenvalue weighted by atomic mass is 15.5. The molecule has 0 saturated heterocycles. The Bertz CT molecular complexity index is 525. The molecule has 18 heavy (non-hydrogen) atoms. The molecular weight excluding hydrogens is 228 g/mol. The van der Waals surface area contributed by atoms with Crippen LogP contribution in [0, 0.1) is 0 Å². The lowest BCUT2D eigenvalue weighted by Gasteiger charge is -2.06. The number of aromatic nitrogens is 5. The first-order chi connectivity index (χ1) is 8.69. The number of nitrogens with two attached hydrogens (primary N) is 1. The third kappa shape index (κ3) is 2.23. The van der Waals surface area contributed by atoms with Gasteiger partial charge < -0.3 is 5.73 Å². The first-order valence-electron chi connectivity index (χ1n) is 6.42. The first kappa shape index (κ1) is 12.6. The van der Waals surface area contributed by atoms with Gasteiger partial charge in [-0.15, -0.1) is 5.10 Å². The van der Waals surface area contributed by atoms with Crippen molar-refractivity contribution in [3.63, 3.8) is 0 Å². The Labute approximate surface area is 107 Å². The van der Waals surface area contributed by atoms with E-state index in [0.717, 1.165) is 36.5 Å². The molecule has 0 aliphatic rings. The van der Waals surface area contributed by atoms with E-state index in [2.05, 4.69) is 42.2 Å². The van der Waals surface area contributed by atoms with Gasteiger partial charge >= 0.3 is 0 Å². The Balaban J connectivity index is 2.30. The lowest BCUT2D eigenvalue weighted by molar-refractivity contribution is 0.552. The molecule has 0 spiro atoms. The van der Waals surface area contributed by atoms with E-state index in [1.807, 2.05) is 9.36 Å². The maximum Gasteiger partial charge on any atom is 0.169 e. The van der Waals surface area contributed by atoms with E-state index < -0.39 is 0 Å². The normalized spacial score (nSPS) is 11.1. The fourth-order valence-electron chi connectivity index (χ4n) is 2.08. The standard InChI is InChI=1S/C12H20N6/c1-4-9-7-10(17(6-3)15-9)8-18-11(5-2)12(13)14-16-18/h7H,4-6,8,13H2,1-3H3. The second kappa shape index (κ2) is 5.20.